The predicted octanol–water partition coefficient (Wildman–Crippen LogP) is 4.91. The summed E-state index contributed by atoms with van der Waals surface area (Å²) in [7, 11) is 0. The molecule has 0 fully saturated rings. The first-order chi connectivity index (χ1) is 16.3. The fourth-order valence-electron chi connectivity index (χ4n) is 3.97. The minimum absolute atomic E-state index is 0.0200. The van der Waals surface area contributed by atoms with Crippen molar-refractivity contribution >= 4 is 39.6 Å². The number of alkyl carbamates (subject to hydrolysis) is 1. The van der Waals surface area contributed by atoms with Crippen molar-refractivity contribution in [2.75, 3.05) is 11.9 Å². The Morgan fingerprint density at radius 2 is 1.62 bits per heavy atom. The molecule has 1 aliphatic rings. The number of hydrogen-bond donors (Lipinski definition) is 3. The third-order valence-electron chi connectivity index (χ3n) is 5.52. The van der Waals surface area contributed by atoms with Crippen molar-refractivity contribution in [1.82, 2.24) is 5.32 Å². The van der Waals surface area contributed by atoms with E-state index in [0.29, 0.717) is 0 Å². The maximum absolute atomic E-state index is 13.4. The number of fused-ring (bicyclic) bond motifs is 3. The van der Waals surface area contributed by atoms with Gasteiger partial charge < -0.3 is 20.5 Å². The fraction of sp³-hybridized carbons (Fsp3) is 0.160. The van der Waals surface area contributed by atoms with Gasteiger partial charge in [-0.15, -0.1) is 0 Å². The number of carbonyl (C=O) groups is 3. The minimum atomic E-state index is -1.39. The molecule has 34 heavy (non-hydrogen) atoms. The molecular formula is C25H20BrFN2O5. The Bertz CT molecular complexity index is 1220. The van der Waals surface area contributed by atoms with E-state index in [1.165, 1.54) is 12.1 Å². The number of carbonyl (C=O) groups excluding carboxylic acids is 2. The number of benzene rings is 3. The van der Waals surface area contributed by atoms with Crippen LogP contribution in [0.5, 0.6) is 0 Å². The largest absolute Gasteiger partial charge is 0.481 e. The molecule has 0 aromatic heterocycles. The van der Waals surface area contributed by atoms with Crippen molar-refractivity contribution in [2.24, 2.45) is 0 Å². The maximum atomic E-state index is 13.4. The van der Waals surface area contributed by atoms with Crippen LogP contribution >= 0.6 is 15.9 Å². The monoisotopic (exact) mass is 526 g/mol. The summed E-state index contributed by atoms with van der Waals surface area (Å²) in [5.41, 5.74) is 4.43. The molecule has 0 radical (unpaired) electrons. The summed E-state index contributed by atoms with van der Waals surface area (Å²) in [4.78, 5) is 36.4. The average molecular weight is 527 g/mol. The zero-order chi connectivity index (χ0) is 24.2. The second-order valence-electron chi connectivity index (χ2n) is 7.74. The Hall–Kier alpha value is -3.72. The number of carboxylic acid groups (broad SMARTS) is 1. The average Bonchev–Trinajstić information content (AvgIpc) is 3.13. The summed E-state index contributed by atoms with van der Waals surface area (Å²) < 4.78 is 19.0. The summed E-state index contributed by atoms with van der Waals surface area (Å²) >= 11 is 3.02. The predicted molar refractivity (Wildman–Crippen MR) is 127 cm³/mol. The summed E-state index contributed by atoms with van der Waals surface area (Å²) in [5.74, 6) is -2.74. The summed E-state index contributed by atoms with van der Waals surface area (Å²) in [6, 6.07) is 18.1. The van der Waals surface area contributed by atoms with Gasteiger partial charge in [-0.05, 0) is 56.4 Å². The lowest BCUT2D eigenvalue weighted by Crippen LogP contribution is -2.45. The van der Waals surface area contributed by atoms with Crippen molar-refractivity contribution < 1.29 is 28.6 Å². The van der Waals surface area contributed by atoms with Crippen molar-refractivity contribution in [1.29, 1.82) is 0 Å². The van der Waals surface area contributed by atoms with Gasteiger partial charge in [0.05, 0.1) is 10.9 Å². The Kier molecular flexibility index (Phi) is 6.93. The van der Waals surface area contributed by atoms with Gasteiger partial charge in [0.2, 0.25) is 5.91 Å². The molecule has 1 unspecified atom stereocenters. The maximum Gasteiger partial charge on any atom is 0.407 e. The number of aliphatic carboxylic acids is 1. The lowest BCUT2D eigenvalue weighted by atomic mass is 9.98. The van der Waals surface area contributed by atoms with Crippen molar-refractivity contribution in [3.05, 3.63) is 88.1 Å². The minimum Gasteiger partial charge on any atom is -0.481 e. The first-order valence-electron chi connectivity index (χ1n) is 10.4. The Morgan fingerprint density at radius 3 is 2.21 bits per heavy atom. The van der Waals surface area contributed by atoms with Crippen LogP contribution < -0.4 is 10.6 Å². The number of ether oxygens (including phenoxy) is 1. The Labute approximate surface area is 203 Å². The van der Waals surface area contributed by atoms with E-state index in [9.17, 15) is 23.9 Å². The van der Waals surface area contributed by atoms with Crippen LogP contribution in [-0.4, -0.2) is 35.7 Å². The standard InChI is InChI=1S/C25H20BrFN2O5/c26-20-11-14(9-10-21(20)27)28-24(32)22(12-23(30)31)29-25(33)34-13-19-17-7-3-1-5-15(17)16-6-2-4-8-18(16)19/h1-11,19,22H,12-13H2,(H,28,32)(H,29,33)(H,30,31). The first-order valence-corrected chi connectivity index (χ1v) is 11.2. The van der Waals surface area contributed by atoms with E-state index in [2.05, 4.69) is 26.6 Å². The molecule has 1 atom stereocenters. The number of carboxylic acids is 1. The van der Waals surface area contributed by atoms with Crippen LogP contribution in [0, 0.1) is 5.82 Å². The van der Waals surface area contributed by atoms with E-state index in [4.69, 9.17) is 4.74 Å². The van der Waals surface area contributed by atoms with Gasteiger partial charge in [0.25, 0.3) is 0 Å². The third kappa shape index (κ3) is 5.09. The third-order valence-corrected chi connectivity index (χ3v) is 6.13. The topological polar surface area (TPSA) is 105 Å². The zero-order valence-corrected chi connectivity index (χ0v) is 19.3. The van der Waals surface area contributed by atoms with E-state index >= 15 is 0 Å². The molecule has 0 saturated heterocycles. The van der Waals surface area contributed by atoms with Gasteiger partial charge in [0.1, 0.15) is 18.5 Å². The van der Waals surface area contributed by atoms with Gasteiger partial charge in [-0.25, -0.2) is 9.18 Å². The van der Waals surface area contributed by atoms with Crippen LogP contribution in [0.3, 0.4) is 0 Å². The van der Waals surface area contributed by atoms with Crippen LogP contribution in [-0.2, 0) is 14.3 Å². The van der Waals surface area contributed by atoms with Gasteiger partial charge in [-0.1, -0.05) is 48.5 Å². The second-order valence-corrected chi connectivity index (χ2v) is 8.59. The van der Waals surface area contributed by atoms with E-state index in [-0.39, 0.29) is 22.7 Å². The van der Waals surface area contributed by atoms with Crippen molar-refractivity contribution in [3.63, 3.8) is 0 Å². The van der Waals surface area contributed by atoms with Crippen LogP contribution in [0.25, 0.3) is 11.1 Å². The van der Waals surface area contributed by atoms with Crippen LogP contribution in [0.1, 0.15) is 23.5 Å². The molecule has 174 valence electrons. The molecular weight excluding hydrogens is 507 g/mol. The highest BCUT2D eigenvalue weighted by molar-refractivity contribution is 9.10. The van der Waals surface area contributed by atoms with Crippen LogP contribution in [0.4, 0.5) is 14.9 Å². The smallest absolute Gasteiger partial charge is 0.407 e. The number of halogens is 2. The molecule has 1 aliphatic carbocycles. The quantitative estimate of drug-likeness (QED) is 0.405. The number of rotatable bonds is 7. The number of nitrogens with one attached hydrogen (secondary N) is 2. The molecule has 0 saturated carbocycles. The lowest BCUT2D eigenvalue weighted by molar-refractivity contribution is -0.139. The van der Waals surface area contributed by atoms with Gasteiger partial charge in [-0.3, -0.25) is 9.59 Å². The highest BCUT2D eigenvalue weighted by atomic mass is 79.9. The molecule has 0 aliphatic heterocycles. The summed E-state index contributed by atoms with van der Waals surface area (Å²) in [6.45, 7) is 0.0200. The van der Waals surface area contributed by atoms with Crippen LogP contribution in [0.2, 0.25) is 0 Å². The van der Waals surface area contributed by atoms with Gasteiger partial charge in [0, 0.05) is 11.6 Å². The molecule has 3 aromatic rings. The molecule has 4 rings (SSSR count). The number of amides is 2. The molecule has 3 N–H and O–H groups in total. The second kappa shape index (κ2) is 10.0. The Balaban J connectivity index is 1.43. The molecule has 7 nitrogen and oxygen atoms in total. The number of hydrogen-bond acceptors (Lipinski definition) is 4. The van der Waals surface area contributed by atoms with Crippen molar-refractivity contribution in [2.45, 2.75) is 18.4 Å². The zero-order valence-electron chi connectivity index (χ0n) is 17.8. The normalized spacial score (nSPS) is 12.9. The van der Waals surface area contributed by atoms with Gasteiger partial charge in [-0.2, -0.15) is 0 Å². The highest BCUT2D eigenvalue weighted by Gasteiger charge is 2.30. The SMILES string of the molecule is O=C(O)CC(NC(=O)OCC1c2ccccc2-c2ccccc21)C(=O)Nc1ccc(F)c(Br)c1. The lowest BCUT2D eigenvalue weighted by Gasteiger charge is -2.19. The first kappa shape index (κ1) is 23.4. The fourth-order valence-corrected chi connectivity index (χ4v) is 4.35. The molecule has 2 amide bonds. The molecule has 3 aromatic carbocycles. The summed E-state index contributed by atoms with van der Waals surface area (Å²) in [5, 5.41) is 14.0. The van der Waals surface area contributed by atoms with E-state index in [0.717, 1.165) is 28.3 Å². The van der Waals surface area contributed by atoms with Crippen molar-refractivity contribution in [3.8, 4) is 11.1 Å². The highest BCUT2D eigenvalue weighted by Crippen LogP contribution is 2.44. The Morgan fingerprint density at radius 1 is 1.00 bits per heavy atom. The molecule has 0 spiro atoms. The van der Waals surface area contributed by atoms with Crippen LogP contribution in [0.15, 0.2) is 71.2 Å². The van der Waals surface area contributed by atoms with Gasteiger partial charge in [0.15, 0.2) is 0 Å². The molecule has 9 heteroatoms. The number of anilines is 1. The van der Waals surface area contributed by atoms with E-state index < -0.39 is 36.2 Å². The van der Waals surface area contributed by atoms with E-state index in [1.807, 2.05) is 48.5 Å². The summed E-state index contributed by atoms with van der Waals surface area (Å²) in [6.07, 6.45) is -1.57. The molecule has 0 bridgehead atoms. The molecule has 0 heterocycles. The van der Waals surface area contributed by atoms with Gasteiger partial charge >= 0.3 is 12.1 Å². The van der Waals surface area contributed by atoms with E-state index in [1.54, 1.807) is 0 Å².